The Hall–Kier alpha value is -2.89. The number of nitrogens with one attached hydrogen (secondary N) is 2. The number of benzene rings is 1. The van der Waals surface area contributed by atoms with Gasteiger partial charge in [0.25, 0.3) is 0 Å². The number of imidazole rings is 1. The summed E-state index contributed by atoms with van der Waals surface area (Å²) in [7, 11) is 0. The van der Waals surface area contributed by atoms with E-state index < -0.39 is 5.41 Å². The molecule has 1 saturated carbocycles. The molecule has 122 valence electrons. The number of aryl methyl sites for hydroxylation is 1. The van der Waals surface area contributed by atoms with E-state index in [1.807, 2.05) is 55.1 Å². The highest BCUT2D eigenvalue weighted by atomic mass is 16.2. The van der Waals surface area contributed by atoms with Crippen molar-refractivity contribution in [2.45, 2.75) is 32.1 Å². The van der Waals surface area contributed by atoms with Crippen molar-refractivity contribution in [2.75, 3.05) is 5.32 Å². The Balaban J connectivity index is 1.52. The number of anilines is 1. The molecule has 6 nitrogen and oxygen atoms in total. The number of aromatic nitrogens is 4. The van der Waals surface area contributed by atoms with Gasteiger partial charge in [-0.3, -0.25) is 9.89 Å². The first-order valence-corrected chi connectivity index (χ1v) is 8.02. The summed E-state index contributed by atoms with van der Waals surface area (Å²) < 4.78 is 2.04. The van der Waals surface area contributed by atoms with Crippen molar-refractivity contribution in [1.82, 2.24) is 19.7 Å². The molecule has 0 unspecified atom stereocenters. The van der Waals surface area contributed by atoms with Crippen LogP contribution >= 0.6 is 0 Å². The van der Waals surface area contributed by atoms with Crippen LogP contribution in [0.1, 0.15) is 29.9 Å². The first-order chi connectivity index (χ1) is 11.6. The van der Waals surface area contributed by atoms with E-state index in [-0.39, 0.29) is 5.91 Å². The summed E-state index contributed by atoms with van der Waals surface area (Å²) in [4.78, 5) is 16.9. The SMILES string of the molecule is Cc1ncn(-c2ccc(NC(=O)C3(c4ccn[nH]4)CC3)cc2)c1C. The summed E-state index contributed by atoms with van der Waals surface area (Å²) in [5, 5.41) is 9.90. The van der Waals surface area contributed by atoms with Crippen LogP contribution in [0.5, 0.6) is 0 Å². The van der Waals surface area contributed by atoms with Crippen molar-refractivity contribution in [3.05, 3.63) is 59.9 Å². The van der Waals surface area contributed by atoms with E-state index >= 15 is 0 Å². The smallest absolute Gasteiger partial charge is 0.236 e. The minimum Gasteiger partial charge on any atom is -0.325 e. The number of carbonyl (C=O) groups is 1. The van der Waals surface area contributed by atoms with Crippen molar-refractivity contribution >= 4 is 11.6 Å². The molecule has 0 aliphatic heterocycles. The predicted octanol–water partition coefficient (Wildman–Crippen LogP) is 2.88. The van der Waals surface area contributed by atoms with Crippen molar-refractivity contribution in [2.24, 2.45) is 0 Å². The van der Waals surface area contributed by atoms with Gasteiger partial charge in [-0.15, -0.1) is 0 Å². The van der Waals surface area contributed by atoms with Gasteiger partial charge >= 0.3 is 0 Å². The maximum atomic E-state index is 12.6. The molecule has 3 aromatic rings. The highest BCUT2D eigenvalue weighted by Gasteiger charge is 2.52. The van der Waals surface area contributed by atoms with Crippen molar-refractivity contribution < 1.29 is 4.79 Å². The normalized spacial score (nSPS) is 15.2. The fourth-order valence-electron chi connectivity index (χ4n) is 2.98. The second-order valence-electron chi connectivity index (χ2n) is 6.34. The summed E-state index contributed by atoms with van der Waals surface area (Å²) in [6, 6.07) is 9.69. The van der Waals surface area contributed by atoms with Gasteiger partial charge in [0.05, 0.1) is 23.1 Å². The van der Waals surface area contributed by atoms with Gasteiger partial charge in [-0.25, -0.2) is 4.98 Å². The lowest BCUT2D eigenvalue weighted by Gasteiger charge is -2.14. The van der Waals surface area contributed by atoms with Gasteiger partial charge in [0.1, 0.15) is 0 Å². The molecule has 0 atom stereocenters. The summed E-state index contributed by atoms with van der Waals surface area (Å²) >= 11 is 0. The molecule has 4 rings (SSSR count). The van der Waals surface area contributed by atoms with Crippen LogP contribution in [-0.4, -0.2) is 25.7 Å². The van der Waals surface area contributed by atoms with Gasteiger partial charge in [0, 0.05) is 23.3 Å². The van der Waals surface area contributed by atoms with Gasteiger partial charge in [-0.1, -0.05) is 0 Å². The van der Waals surface area contributed by atoms with E-state index in [9.17, 15) is 4.79 Å². The van der Waals surface area contributed by atoms with Crippen LogP contribution in [0.4, 0.5) is 5.69 Å². The molecule has 1 aromatic carbocycles. The Bertz CT molecular complexity index is 873. The number of nitrogens with zero attached hydrogens (tertiary/aromatic N) is 3. The number of hydrogen-bond acceptors (Lipinski definition) is 3. The average Bonchev–Trinajstić information content (AvgIpc) is 3.08. The Morgan fingerprint density at radius 2 is 1.96 bits per heavy atom. The molecule has 0 radical (unpaired) electrons. The zero-order valence-electron chi connectivity index (χ0n) is 13.7. The van der Waals surface area contributed by atoms with E-state index in [2.05, 4.69) is 20.5 Å². The molecular formula is C18H19N5O. The van der Waals surface area contributed by atoms with Crippen LogP contribution in [-0.2, 0) is 10.2 Å². The van der Waals surface area contributed by atoms with E-state index in [0.717, 1.165) is 41.3 Å². The van der Waals surface area contributed by atoms with Crippen molar-refractivity contribution in [3.63, 3.8) is 0 Å². The lowest BCUT2D eigenvalue weighted by Crippen LogP contribution is -2.28. The fourth-order valence-corrected chi connectivity index (χ4v) is 2.98. The molecule has 2 heterocycles. The molecule has 1 aliphatic rings. The quantitative estimate of drug-likeness (QED) is 0.776. The van der Waals surface area contributed by atoms with E-state index in [0.29, 0.717) is 0 Å². The minimum atomic E-state index is -0.437. The van der Waals surface area contributed by atoms with E-state index in [1.165, 1.54) is 0 Å². The zero-order valence-corrected chi connectivity index (χ0v) is 13.7. The molecule has 1 aliphatic carbocycles. The Morgan fingerprint density at radius 1 is 1.21 bits per heavy atom. The second-order valence-corrected chi connectivity index (χ2v) is 6.34. The number of hydrogen-bond donors (Lipinski definition) is 2. The third-order valence-electron chi connectivity index (χ3n) is 4.86. The Morgan fingerprint density at radius 3 is 2.50 bits per heavy atom. The highest BCUT2D eigenvalue weighted by Crippen LogP contribution is 2.48. The van der Waals surface area contributed by atoms with Crippen molar-refractivity contribution in [3.8, 4) is 5.69 Å². The summed E-state index contributed by atoms with van der Waals surface area (Å²) in [5.41, 5.74) is 4.41. The first kappa shape index (κ1) is 14.7. The summed E-state index contributed by atoms with van der Waals surface area (Å²) in [5.74, 6) is 0.0224. The minimum absolute atomic E-state index is 0.0224. The molecule has 0 bridgehead atoms. The Labute approximate surface area is 139 Å². The lowest BCUT2D eigenvalue weighted by atomic mass is 10.0. The predicted molar refractivity (Wildman–Crippen MR) is 91.2 cm³/mol. The van der Waals surface area contributed by atoms with Crippen LogP contribution in [0.15, 0.2) is 42.9 Å². The standard InChI is InChI=1S/C18H19N5O/c1-12-13(2)23(11-19-12)15-5-3-14(4-6-15)21-17(24)18(8-9-18)16-7-10-20-22-16/h3-7,10-11H,8-9H2,1-2H3,(H,20,22)(H,21,24). The number of amides is 1. The molecule has 6 heteroatoms. The van der Waals surface area contributed by atoms with Gasteiger partial charge < -0.3 is 9.88 Å². The molecule has 0 saturated heterocycles. The maximum absolute atomic E-state index is 12.6. The van der Waals surface area contributed by atoms with Crippen LogP contribution in [0.25, 0.3) is 5.69 Å². The molecule has 1 fully saturated rings. The summed E-state index contributed by atoms with van der Waals surface area (Å²) in [6.45, 7) is 4.03. The molecule has 1 amide bonds. The highest BCUT2D eigenvalue weighted by molar-refractivity contribution is 6.01. The fraction of sp³-hybridized carbons (Fsp3) is 0.278. The zero-order chi connectivity index (χ0) is 16.7. The van der Waals surface area contributed by atoms with E-state index in [4.69, 9.17) is 0 Å². The van der Waals surface area contributed by atoms with Crippen LogP contribution in [0.2, 0.25) is 0 Å². The second kappa shape index (κ2) is 5.33. The molecule has 24 heavy (non-hydrogen) atoms. The molecular weight excluding hydrogens is 302 g/mol. The average molecular weight is 321 g/mol. The monoisotopic (exact) mass is 321 g/mol. The van der Waals surface area contributed by atoms with Crippen molar-refractivity contribution in [1.29, 1.82) is 0 Å². The third kappa shape index (κ3) is 2.31. The maximum Gasteiger partial charge on any atom is 0.236 e. The number of rotatable bonds is 4. The molecule has 0 spiro atoms. The largest absolute Gasteiger partial charge is 0.325 e. The summed E-state index contributed by atoms with van der Waals surface area (Å²) in [6.07, 6.45) is 5.21. The van der Waals surface area contributed by atoms with Gasteiger partial charge in [0.15, 0.2) is 0 Å². The number of carbonyl (C=O) groups excluding carboxylic acids is 1. The molecule has 2 N–H and O–H groups in total. The lowest BCUT2D eigenvalue weighted by molar-refractivity contribution is -0.118. The van der Waals surface area contributed by atoms with Crippen LogP contribution in [0.3, 0.4) is 0 Å². The van der Waals surface area contributed by atoms with Gasteiger partial charge in [-0.2, -0.15) is 5.10 Å². The topological polar surface area (TPSA) is 75.6 Å². The van der Waals surface area contributed by atoms with E-state index in [1.54, 1.807) is 6.20 Å². The Kier molecular flexibility index (Phi) is 3.26. The number of aromatic amines is 1. The molecule has 2 aromatic heterocycles. The van der Waals surface area contributed by atoms with Gasteiger partial charge in [0.2, 0.25) is 5.91 Å². The van der Waals surface area contributed by atoms with Crippen LogP contribution < -0.4 is 5.32 Å². The first-order valence-electron chi connectivity index (χ1n) is 8.02. The van der Waals surface area contributed by atoms with Crippen LogP contribution in [0, 0.1) is 13.8 Å². The third-order valence-corrected chi connectivity index (χ3v) is 4.86. The number of H-pyrrole nitrogens is 1. The van der Waals surface area contributed by atoms with Gasteiger partial charge in [-0.05, 0) is 57.0 Å².